The summed E-state index contributed by atoms with van der Waals surface area (Å²) in [6, 6.07) is 4.80. The van der Waals surface area contributed by atoms with E-state index in [2.05, 4.69) is 10.1 Å². The molecule has 15 heavy (non-hydrogen) atoms. The molecule has 0 unspecified atom stereocenters. The highest BCUT2D eigenvalue weighted by Crippen LogP contribution is 2.24. The number of rotatable bonds is 4. The maximum atomic E-state index is 10.4. The fourth-order valence-electron chi connectivity index (χ4n) is 0.968. The fraction of sp³-hybridized carbons (Fsp3) is 0.200. The van der Waals surface area contributed by atoms with Crippen LogP contribution in [0.3, 0.4) is 0 Å². The number of nitrogens with one attached hydrogen (secondary N) is 1. The van der Waals surface area contributed by atoms with Crippen LogP contribution >= 0.6 is 0 Å². The second-order valence-electron chi connectivity index (χ2n) is 2.34. The summed E-state index contributed by atoms with van der Waals surface area (Å²) in [5.41, 5.74) is 1.13. The Kier molecular flexibility index (Phi) is 6.57. The minimum atomic E-state index is 0.324. The average molecular weight is 211 g/mol. The molecular weight excluding hydrogens is 198 g/mol. The molecule has 1 rings (SSSR count). The van der Waals surface area contributed by atoms with E-state index < -0.39 is 0 Å². The first-order chi connectivity index (χ1) is 7.31. The Labute approximate surface area is 87.7 Å². The number of carbonyl (C=O) groups is 2. The topological polar surface area (TPSA) is 75.6 Å². The summed E-state index contributed by atoms with van der Waals surface area (Å²) >= 11 is 0. The van der Waals surface area contributed by atoms with Gasteiger partial charge in [0, 0.05) is 19.7 Å². The van der Waals surface area contributed by atoms with Crippen LogP contribution in [0.2, 0.25) is 0 Å². The number of benzene rings is 1. The van der Waals surface area contributed by atoms with Crippen LogP contribution in [-0.4, -0.2) is 32.0 Å². The summed E-state index contributed by atoms with van der Waals surface area (Å²) in [5, 5.41) is 9.83. The zero-order valence-electron chi connectivity index (χ0n) is 8.56. The van der Waals surface area contributed by atoms with Gasteiger partial charge < -0.3 is 15.2 Å². The summed E-state index contributed by atoms with van der Waals surface area (Å²) in [5.74, 6) is 0.349. The first kappa shape index (κ1) is 13.1. The summed E-state index contributed by atoms with van der Waals surface area (Å²) in [6.07, 6.45) is 0.692. The van der Waals surface area contributed by atoms with Gasteiger partial charge in [-0.2, -0.15) is 0 Å². The summed E-state index contributed by atoms with van der Waals surface area (Å²) in [6.45, 7) is 0.324. The van der Waals surface area contributed by atoms with Crippen molar-refractivity contribution >= 4 is 18.4 Å². The number of carbonyl (C=O) groups excluding carboxylic acids is 2. The van der Waals surface area contributed by atoms with Crippen LogP contribution in [-0.2, 0) is 4.79 Å². The van der Waals surface area contributed by atoms with Gasteiger partial charge in [-0.1, -0.05) is 0 Å². The Bertz CT molecular complexity index is 325. The molecule has 1 aromatic carbocycles. The molecule has 0 radical (unpaired) electrons. The Balaban J connectivity index is 0.000000921. The lowest BCUT2D eigenvalue weighted by Gasteiger charge is -2.06. The molecule has 0 heterocycles. The van der Waals surface area contributed by atoms with Gasteiger partial charge in [0.2, 0.25) is 0 Å². The molecular formula is C10H13NO4. The fourth-order valence-corrected chi connectivity index (χ4v) is 0.968. The Hall–Kier alpha value is -1.88. The van der Waals surface area contributed by atoms with Gasteiger partial charge in [-0.3, -0.25) is 9.59 Å². The number of ether oxygens (including phenoxy) is 1. The molecule has 0 bridgehead atoms. The number of anilines is 1. The second kappa shape index (κ2) is 7.52. The van der Waals surface area contributed by atoms with E-state index in [1.54, 1.807) is 19.2 Å². The maximum Gasteiger partial charge on any atom is 0.298 e. The number of aldehydes is 1. The van der Waals surface area contributed by atoms with Crippen molar-refractivity contribution in [2.45, 2.75) is 0 Å². The van der Waals surface area contributed by atoms with Crippen LogP contribution in [0, 0.1) is 0 Å². The number of hydrogen-bond acceptors (Lipinski definition) is 5. The molecule has 0 saturated heterocycles. The van der Waals surface area contributed by atoms with E-state index in [4.69, 9.17) is 5.11 Å². The van der Waals surface area contributed by atoms with Crippen LogP contribution < -0.4 is 10.1 Å². The number of hydrogen-bond donors (Lipinski definition) is 2. The number of aliphatic hydroxyl groups excluding tert-OH is 1. The number of aliphatic hydroxyl groups is 1. The molecule has 1 aromatic rings. The van der Waals surface area contributed by atoms with Gasteiger partial charge in [-0.05, 0) is 18.2 Å². The zero-order chi connectivity index (χ0) is 11.7. The van der Waals surface area contributed by atoms with E-state index in [0.717, 1.165) is 7.11 Å². The third-order valence-electron chi connectivity index (χ3n) is 1.59. The molecule has 2 N–H and O–H groups in total. The van der Waals surface area contributed by atoms with Crippen molar-refractivity contribution in [2.75, 3.05) is 19.5 Å². The summed E-state index contributed by atoms with van der Waals surface area (Å²) in [7, 11) is 2.70. The van der Waals surface area contributed by atoms with Crippen molar-refractivity contribution in [1.82, 2.24) is 0 Å². The maximum absolute atomic E-state index is 10.4. The third kappa shape index (κ3) is 3.78. The molecule has 0 saturated carbocycles. The standard InChI is InChI=1S/C9H9NO3.CH4O/c1-10-8-3-2-7(5-11)4-9(8)13-6-12;1-2/h2-6,10H,1H3;2H,1H3. The summed E-state index contributed by atoms with van der Waals surface area (Å²) in [4.78, 5) is 20.5. The average Bonchev–Trinajstić information content (AvgIpc) is 2.32. The van der Waals surface area contributed by atoms with Crippen LogP contribution in [0.1, 0.15) is 10.4 Å². The monoisotopic (exact) mass is 211 g/mol. The smallest absolute Gasteiger partial charge is 0.298 e. The first-order valence-corrected chi connectivity index (χ1v) is 4.14. The molecule has 0 atom stereocenters. The quantitative estimate of drug-likeness (QED) is 0.716. The van der Waals surface area contributed by atoms with Gasteiger partial charge in [0.05, 0.1) is 5.69 Å². The molecule has 0 fully saturated rings. The molecule has 0 aliphatic carbocycles. The molecule has 0 aliphatic heterocycles. The normalized spacial score (nSPS) is 8.20. The molecule has 0 spiro atoms. The van der Waals surface area contributed by atoms with Gasteiger partial charge in [0.1, 0.15) is 6.29 Å². The van der Waals surface area contributed by atoms with Crippen molar-refractivity contribution in [3.8, 4) is 5.75 Å². The highest BCUT2D eigenvalue weighted by molar-refractivity contribution is 5.78. The molecule has 5 heteroatoms. The summed E-state index contributed by atoms with van der Waals surface area (Å²) < 4.78 is 4.67. The largest absolute Gasteiger partial charge is 0.427 e. The predicted molar refractivity (Wildman–Crippen MR) is 56.2 cm³/mol. The molecule has 0 amide bonds. The van der Waals surface area contributed by atoms with E-state index in [1.807, 2.05) is 0 Å². The Morgan fingerprint density at radius 3 is 2.47 bits per heavy atom. The van der Waals surface area contributed by atoms with E-state index in [-0.39, 0.29) is 0 Å². The highest BCUT2D eigenvalue weighted by Gasteiger charge is 2.02. The van der Waals surface area contributed by atoms with Crippen molar-refractivity contribution in [1.29, 1.82) is 0 Å². The third-order valence-corrected chi connectivity index (χ3v) is 1.59. The Morgan fingerprint density at radius 1 is 1.33 bits per heavy atom. The van der Waals surface area contributed by atoms with Crippen LogP contribution in [0.4, 0.5) is 5.69 Å². The minimum absolute atomic E-state index is 0.324. The van der Waals surface area contributed by atoms with Gasteiger partial charge in [0.25, 0.3) is 6.47 Å². The van der Waals surface area contributed by atoms with Crippen LogP contribution in [0.25, 0.3) is 0 Å². The first-order valence-electron chi connectivity index (χ1n) is 4.14. The van der Waals surface area contributed by atoms with Gasteiger partial charge >= 0.3 is 0 Å². The van der Waals surface area contributed by atoms with Crippen LogP contribution in [0.15, 0.2) is 18.2 Å². The lowest BCUT2D eigenvalue weighted by Crippen LogP contribution is -1.96. The van der Waals surface area contributed by atoms with Crippen molar-refractivity contribution < 1.29 is 19.4 Å². The molecule has 82 valence electrons. The van der Waals surface area contributed by atoms with E-state index in [0.29, 0.717) is 29.8 Å². The lowest BCUT2D eigenvalue weighted by atomic mass is 10.2. The van der Waals surface area contributed by atoms with Crippen molar-refractivity contribution in [3.05, 3.63) is 23.8 Å². The van der Waals surface area contributed by atoms with Gasteiger partial charge in [-0.25, -0.2) is 0 Å². The lowest BCUT2D eigenvalue weighted by molar-refractivity contribution is -0.120. The van der Waals surface area contributed by atoms with E-state index in [9.17, 15) is 9.59 Å². The second-order valence-corrected chi connectivity index (χ2v) is 2.34. The van der Waals surface area contributed by atoms with Crippen molar-refractivity contribution in [2.24, 2.45) is 0 Å². The highest BCUT2D eigenvalue weighted by atomic mass is 16.5. The predicted octanol–water partition coefficient (Wildman–Crippen LogP) is 0.684. The molecule has 0 aromatic heterocycles. The van der Waals surface area contributed by atoms with E-state index >= 15 is 0 Å². The minimum Gasteiger partial charge on any atom is -0.427 e. The SMILES string of the molecule is CNc1ccc(C=O)cc1OC=O.CO. The van der Waals surface area contributed by atoms with Crippen molar-refractivity contribution in [3.63, 3.8) is 0 Å². The Morgan fingerprint density at radius 2 is 2.00 bits per heavy atom. The van der Waals surface area contributed by atoms with Crippen LogP contribution in [0.5, 0.6) is 5.75 Å². The van der Waals surface area contributed by atoms with Gasteiger partial charge in [0.15, 0.2) is 5.75 Å². The molecule has 0 aliphatic rings. The zero-order valence-corrected chi connectivity index (χ0v) is 8.56. The van der Waals surface area contributed by atoms with Gasteiger partial charge in [-0.15, -0.1) is 0 Å². The molecule has 5 nitrogen and oxygen atoms in total. The van der Waals surface area contributed by atoms with E-state index in [1.165, 1.54) is 6.07 Å².